The highest BCUT2D eigenvalue weighted by Gasteiger charge is 2.37. The Morgan fingerprint density at radius 2 is 2.00 bits per heavy atom. The summed E-state index contributed by atoms with van der Waals surface area (Å²) in [7, 11) is 1.51. The second kappa shape index (κ2) is 7.23. The van der Waals surface area contributed by atoms with Crippen LogP contribution in [0.25, 0.3) is 0 Å². The highest BCUT2D eigenvalue weighted by Crippen LogP contribution is 2.36. The molecule has 24 heavy (non-hydrogen) atoms. The first-order valence-corrected chi connectivity index (χ1v) is 7.93. The van der Waals surface area contributed by atoms with Crippen molar-refractivity contribution < 1.29 is 22.8 Å². The molecule has 1 aromatic rings. The molecule has 1 aliphatic heterocycles. The molecule has 1 fully saturated rings. The summed E-state index contributed by atoms with van der Waals surface area (Å²) in [6.07, 6.45) is -3.21. The van der Waals surface area contributed by atoms with Gasteiger partial charge in [0.2, 0.25) is 11.8 Å². The van der Waals surface area contributed by atoms with Crippen molar-refractivity contribution in [2.75, 3.05) is 13.6 Å². The van der Waals surface area contributed by atoms with E-state index < -0.39 is 23.7 Å². The summed E-state index contributed by atoms with van der Waals surface area (Å²) in [5.74, 6) is -1.10. The van der Waals surface area contributed by atoms with E-state index in [1.807, 2.05) is 0 Å². The standard InChI is InChI=1S/C17H21F3N2O2/c1-11(12-6-3-4-7-13(12)17(18,19)20)10-15(23)22-9-5-8-14(22)16(24)21-2/h3-4,6-7,11,14H,5,8-10H2,1-2H3,(H,21,24)/t11-,14+/m1/s1. The Morgan fingerprint density at radius 3 is 2.62 bits per heavy atom. The van der Waals surface area contributed by atoms with Crippen molar-refractivity contribution in [3.63, 3.8) is 0 Å². The molecule has 2 atom stereocenters. The quantitative estimate of drug-likeness (QED) is 0.915. The summed E-state index contributed by atoms with van der Waals surface area (Å²) in [6.45, 7) is 2.07. The normalized spacial score (nSPS) is 19.2. The third-order valence-electron chi connectivity index (χ3n) is 4.40. The van der Waals surface area contributed by atoms with Crippen molar-refractivity contribution in [3.05, 3.63) is 35.4 Å². The molecule has 0 aliphatic carbocycles. The van der Waals surface area contributed by atoms with Crippen LogP contribution in [-0.2, 0) is 15.8 Å². The molecule has 0 spiro atoms. The molecule has 2 rings (SSSR count). The number of nitrogens with zero attached hydrogens (tertiary/aromatic N) is 1. The van der Waals surface area contributed by atoms with Gasteiger partial charge in [-0.1, -0.05) is 25.1 Å². The Balaban J connectivity index is 2.14. The lowest BCUT2D eigenvalue weighted by molar-refractivity contribution is -0.140. The molecule has 2 amide bonds. The smallest absolute Gasteiger partial charge is 0.357 e. The van der Waals surface area contributed by atoms with Crippen molar-refractivity contribution in [1.29, 1.82) is 0 Å². The van der Waals surface area contributed by atoms with Crippen molar-refractivity contribution in [1.82, 2.24) is 10.2 Å². The Bertz CT molecular complexity index is 616. The lowest BCUT2D eigenvalue weighted by atomic mass is 9.92. The fraction of sp³-hybridized carbons (Fsp3) is 0.529. The summed E-state index contributed by atoms with van der Waals surface area (Å²) in [5.41, 5.74) is -0.608. The van der Waals surface area contributed by atoms with Gasteiger partial charge in [0.1, 0.15) is 6.04 Å². The first-order chi connectivity index (χ1) is 11.3. The van der Waals surface area contributed by atoms with Gasteiger partial charge in [0, 0.05) is 20.0 Å². The molecule has 1 aromatic carbocycles. The van der Waals surface area contributed by atoms with E-state index in [-0.39, 0.29) is 23.8 Å². The molecule has 4 nitrogen and oxygen atoms in total. The molecular formula is C17H21F3N2O2. The predicted octanol–water partition coefficient (Wildman–Crippen LogP) is 2.94. The fourth-order valence-corrected chi connectivity index (χ4v) is 3.18. The van der Waals surface area contributed by atoms with Crippen LogP contribution in [0.5, 0.6) is 0 Å². The topological polar surface area (TPSA) is 49.4 Å². The van der Waals surface area contributed by atoms with Crippen molar-refractivity contribution >= 4 is 11.8 Å². The summed E-state index contributed by atoms with van der Waals surface area (Å²) in [6, 6.07) is 4.78. The third kappa shape index (κ3) is 3.88. The average Bonchev–Trinajstić information content (AvgIpc) is 3.03. The maximum atomic E-state index is 13.1. The Morgan fingerprint density at radius 1 is 1.33 bits per heavy atom. The third-order valence-corrected chi connectivity index (χ3v) is 4.40. The lowest BCUT2D eigenvalue weighted by Crippen LogP contribution is -2.45. The van der Waals surface area contributed by atoms with Gasteiger partial charge in [0.25, 0.3) is 0 Å². The summed E-state index contributed by atoms with van der Waals surface area (Å²) in [5, 5.41) is 2.52. The van der Waals surface area contributed by atoms with Gasteiger partial charge >= 0.3 is 6.18 Å². The zero-order valence-corrected chi connectivity index (χ0v) is 13.7. The Hall–Kier alpha value is -2.05. The molecule has 0 unspecified atom stereocenters. The van der Waals surface area contributed by atoms with Gasteiger partial charge in [0.05, 0.1) is 5.56 Å². The number of nitrogens with one attached hydrogen (secondary N) is 1. The zero-order chi connectivity index (χ0) is 17.9. The summed E-state index contributed by atoms with van der Waals surface area (Å²) >= 11 is 0. The molecule has 1 saturated heterocycles. The van der Waals surface area contributed by atoms with Crippen LogP contribution in [0.15, 0.2) is 24.3 Å². The first-order valence-electron chi connectivity index (χ1n) is 7.93. The number of hydrogen-bond acceptors (Lipinski definition) is 2. The molecule has 0 bridgehead atoms. The second-order valence-electron chi connectivity index (χ2n) is 6.05. The van der Waals surface area contributed by atoms with Crippen LogP contribution in [0.1, 0.15) is 43.2 Å². The van der Waals surface area contributed by atoms with Gasteiger partial charge in [-0.15, -0.1) is 0 Å². The van der Waals surface area contributed by atoms with Gasteiger partial charge in [-0.25, -0.2) is 0 Å². The highest BCUT2D eigenvalue weighted by molar-refractivity contribution is 5.88. The van der Waals surface area contributed by atoms with Crippen LogP contribution in [0, 0.1) is 0 Å². The van der Waals surface area contributed by atoms with E-state index >= 15 is 0 Å². The molecule has 1 heterocycles. The molecule has 0 saturated carbocycles. The predicted molar refractivity (Wildman–Crippen MR) is 83.3 cm³/mol. The zero-order valence-electron chi connectivity index (χ0n) is 13.7. The number of halogens is 3. The van der Waals surface area contributed by atoms with Crippen LogP contribution in [0.2, 0.25) is 0 Å². The highest BCUT2D eigenvalue weighted by atomic mass is 19.4. The van der Waals surface area contributed by atoms with Crippen molar-refractivity contribution in [3.8, 4) is 0 Å². The van der Waals surface area contributed by atoms with E-state index in [2.05, 4.69) is 5.32 Å². The number of benzene rings is 1. The molecule has 1 N–H and O–H groups in total. The Labute approximate surface area is 139 Å². The molecule has 132 valence electrons. The van der Waals surface area contributed by atoms with Crippen LogP contribution in [0.3, 0.4) is 0 Å². The van der Waals surface area contributed by atoms with Gasteiger partial charge in [-0.2, -0.15) is 13.2 Å². The fourth-order valence-electron chi connectivity index (χ4n) is 3.18. The van der Waals surface area contributed by atoms with E-state index in [0.29, 0.717) is 13.0 Å². The number of carbonyl (C=O) groups excluding carboxylic acids is 2. The molecular weight excluding hydrogens is 321 g/mol. The number of hydrogen-bond donors (Lipinski definition) is 1. The number of likely N-dealkylation sites (N-methyl/N-ethyl adjacent to an activating group) is 1. The molecule has 7 heteroatoms. The van der Waals surface area contributed by atoms with Gasteiger partial charge in [0.15, 0.2) is 0 Å². The van der Waals surface area contributed by atoms with Crippen LogP contribution in [0.4, 0.5) is 13.2 Å². The molecule has 1 aliphatic rings. The van der Waals surface area contributed by atoms with E-state index in [1.54, 1.807) is 6.92 Å². The monoisotopic (exact) mass is 342 g/mol. The van der Waals surface area contributed by atoms with E-state index in [4.69, 9.17) is 0 Å². The average molecular weight is 342 g/mol. The minimum Gasteiger partial charge on any atom is -0.357 e. The number of rotatable bonds is 4. The number of alkyl halides is 3. The minimum atomic E-state index is -4.45. The lowest BCUT2D eigenvalue weighted by Gasteiger charge is -2.25. The molecule has 0 aromatic heterocycles. The van der Waals surface area contributed by atoms with Gasteiger partial charge in [-0.05, 0) is 30.4 Å². The SMILES string of the molecule is CNC(=O)[C@@H]1CCCN1C(=O)C[C@@H](C)c1ccccc1C(F)(F)F. The van der Waals surface area contributed by atoms with Crippen LogP contribution < -0.4 is 5.32 Å². The van der Waals surface area contributed by atoms with Crippen molar-refractivity contribution in [2.24, 2.45) is 0 Å². The number of carbonyl (C=O) groups is 2. The minimum absolute atomic E-state index is 0.0550. The van der Waals surface area contributed by atoms with Crippen LogP contribution >= 0.6 is 0 Å². The number of amides is 2. The van der Waals surface area contributed by atoms with E-state index in [9.17, 15) is 22.8 Å². The summed E-state index contributed by atoms with van der Waals surface area (Å²) < 4.78 is 39.3. The number of likely N-dealkylation sites (tertiary alicyclic amines) is 1. The van der Waals surface area contributed by atoms with E-state index in [1.165, 1.54) is 30.1 Å². The maximum Gasteiger partial charge on any atom is 0.416 e. The first kappa shape index (κ1) is 18.3. The summed E-state index contributed by atoms with van der Waals surface area (Å²) in [4.78, 5) is 25.8. The van der Waals surface area contributed by atoms with Gasteiger partial charge in [-0.3, -0.25) is 9.59 Å². The van der Waals surface area contributed by atoms with Crippen LogP contribution in [-0.4, -0.2) is 36.3 Å². The molecule has 0 radical (unpaired) electrons. The largest absolute Gasteiger partial charge is 0.416 e. The maximum absolute atomic E-state index is 13.1. The second-order valence-corrected chi connectivity index (χ2v) is 6.05. The van der Waals surface area contributed by atoms with E-state index in [0.717, 1.165) is 12.5 Å². The van der Waals surface area contributed by atoms with Gasteiger partial charge < -0.3 is 10.2 Å². The van der Waals surface area contributed by atoms with Crippen molar-refractivity contribution in [2.45, 2.75) is 44.3 Å². The Kier molecular flexibility index (Phi) is 5.51.